The summed E-state index contributed by atoms with van der Waals surface area (Å²) >= 11 is 0. The van der Waals surface area contributed by atoms with Gasteiger partial charge in [0.1, 0.15) is 17.3 Å². The van der Waals surface area contributed by atoms with Gasteiger partial charge < -0.3 is 29.0 Å². The first-order chi connectivity index (χ1) is 33.1. The molecule has 68 heavy (non-hydrogen) atoms. The Labute approximate surface area is 400 Å². The predicted molar refractivity (Wildman–Crippen MR) is 264 cm³/mol. The number of ether oxygens (including phenoxy) is 4. The van der Waals surface area contributed by atoms with E-state index in [9.17, 15) is 24.3 Å². The summed E-state index contributed by atoms with van der Waals surface area (Å²) in [5.41, 5.74) is 9.64. The van der Waals surface area contributed by atoms with Crippen LogP contribution in [-0.4, -0.2) is 80.4 Å². The van der Waals surface area contributed by atoms with E-state index in [2.05, 4.69) is 48.9 Å². The number of aryl methyl sites for hydroxylation is 2. The van der Waals surface area contributed by atoms with E-state index >= 15 is 0 Å². The maximum atomic E-state index is 13.4. The maximum Gasteiger partial charge on any atom is 0.336 e. The quantitative estimate of drug-likeness (QED) is 0.0437. The van der Waals surface area contributed by atoms with Gasteiger partial charge in [-0.2, -0.15) is 0 Å². The Morgan fingerprint density at radius 3 is 2.21 bits per heavy atom. The fourth-order valence-corrected chi connectivity index (χ4v) is 9.08. The Morgan fingerprint density at radius 1 is 0.779 bits per heavy atom. The molecule has 4 aromatic carbocycles. The zero-order valence-corrected chi connectivity index (χ0v) is 39.7. The van der Waals surface area contributed by atoms with Gasteiger partial charge in [-0.05, 0) is 98.2 Å². The van der Waals surface area contributed by atoms with Crippen LogP contribution in [0.1, 0.15) is 131 Å². The number of benzene rings is 4. The molecule has 0 spiro atoms. The SMILES string of the molecule is CCCc1cc2c(cc1C)C(c1ccc(C(=O)CCCOCCOCCOCCCC(=O)CCC(=O)N3Cc4ccccc4C#Cc4ccccc43)cc1C(=O)O)C1C=C(C)C(=NCC)C=C1O2. The van der Waals surface area contributed by atoms with Crippen LogP contribution in [0.3, 0.4) is 0 Å². The van der Waals surface area contributed by atoms with E-state index in [1.165, 1.54) is 11.6 Å². The van der Waals surface area contributed by atoms with Crippen molar-refractivity contribution < 1.29 is 43.2 Å². The van der Waals surface area contributed by atoms with Crippen molar-refractivity contribution in [2.45, 2.75) is 91.5 Å². The first-order valence-electron chi connectivity index (χ1n) is 24.0. The van der Waals surface area contributed by atoms with Gasteiger partial charge in [-0.15, -0.1) is 0 Å². The van der Waals surface area contributed by atoms with E-state index in [1.54, 1.807) is 17.0 Å². The van der Waals surface area contributed by atoms with Crippen LogP contribution in [0.5, 0.6) is 5.75 Å². The van der Waals surface area contributed by atoms with Gasteiger partial charge in [-0.1, -0.05) is 79.8 Å². The first-order valence-corrected chi connectivity index (χ1v) is 24.0. The number of carboxylic acids is 1. The summed E-state index contributed by atoms with van der Waals surface area (Å²) in [7, 11) is 0. The largest absolute Gasteiger partial charge is 0.478 e. The molecule has 1 amide bonds. The van der Waals surface area contributed by atoms with Crippen molar-refractivity contribution in [3.05, 3.63) is 152 Å². The minimum atomic E-state index is -1.09. The lowest BCUT2D eigenvalue weighted by atomic mass is 9.72. The second-order valence-corrected chi connectivity index (χ2v) is 17.4. The summed E-state index contributed by atoms with van der Waals surface area (Å²) in [4.78, 5) is 58.8. The van der Waals surface area contributed by atoms with Crippen LogP contribution >= 0.6 is 0 Å². The van der Waals surface area contributed by atoms with Crippen molar-refractivity contribution in [1.82, 2.24) is 0 Å². The molecular formula is C57H62N2O9. The average Bonchev–Trinajstić information content (AvgIpc) is 3.33. The second-order valence-electron chi connectivity index (χ2n) is 17.4. The zero-order chi connectivity index (χ0) is 48.0. The van der Waals surface area contributed by atoms with Crippen molar-refractivity contribution in [3.63, 3.8) is 0 Å². The lowest BCUT2D eigenvalue weighted by Gasteiger charge is -2.37. The number of allylic oxidation sites excluding steroid dienone is 3. The molecule has 354 valence electrons. The van der Waals surface area contributed by atoms with Crippen LogP contribution < -0.4 is 9.64 Å². The van der Waals surface area contributed by atoms with Crippen molar-refractivity contribution in [2.24, 2.45) is 10.9 Å². The molecule has 0 radical (unpaired) electrons. The summed E-state index contributed by atoms with van der Waals surface area (Å²) in [5.74, 6) is 5.99. The number of fused-ring (bicyclic) bond motifs is 4. The molecule has 2 atom stereocenters. The van der Waals surface area contributed by atoms with E-state index in [4.69, 9.17) is 18.9 Å². The van der Waals surface area contributed by atoms with Crippen molar-refractivity contribution in [1.29, 1.82) is 0 Å². The van der Waals surface area contributed by atoms with Gasteiger partial charge >= 0.3 is 5.97 Å². The highest BCUT2D eigenvalue weighted by molar-refractivity contribution is 6.09. The molecule has 3 aliphatic rings. The highest BCUT2D eigenvalue weighted by atomic mass is 16.5. The minimum absolute atomic E-state index is 0.0220. The summed E-state index contributed by atoms with van der Waals surface area (Å²) in [6.07, 6.45) is 7.88. The number of carboxylic acid groups (broad SMARTS) is 1. The maximum absolute atomic E-state index is 13.4. The predicted octanol–water partition coefficient (Wildman–Crippen LogP) is 10.2. The highest BCUT2D eigenvalue weighted by Crippen LogP contribution is 2.50. The van der Waals surface area contributed by atoms with E-state index in [0.29, 0.717) is 83.1 Å². The molecule has 4 aromatic rings. The van der Waals surface area contributed by atoms with E-state index in [0.717, 1.165) is 69.1 Å². The van der Waals surface area contributed by atoms with Crippen molar-refractivity contribution >= 4 is 34.8 Å². The number of para-hydroxylation sites is 1. The number of ketones is 2. The Kier molecular flexibility index (Phi) is 17.5. The number of aliphatic imine (C=N–C) groups is 1. The molecule has 1 N–H and O–H groups in total. The normalized spacial score (nSPS) is 16.4. The van der Waals surface area contributed by atoms with Gasteiger partial charge in [0.25, 0.3) is 0 Å². The minimum Gasteiger partial charge on any atom is -0.478 e. The number of rotatable bonds is 23. The number of anilines is 1. The highest BCUT2D eigenvalue weighted by Gasteiger charge is 2.39. The molecule has 11 nitrogen and oxygen atoms in total. The average molecular weight is 919 g/mol. The van der Waals surface area contributed by atoms with Gasteiger partial charge in [0.2, 0.25) is 5.91 Å². The van der Waals surface area contributed by atoms with E-state index < -0.39 is 5.97 Å². The molecule has 0 saturated carbocycles. The summed E-state index contributed by atoms with van der Waals surface area (Å²) in [6, 6.07) is 24.7. The van der Waals surface area contributed by atoms with Crippen molar-refractivity contribution in [3.8, 4) is 17.6 Å². The van der Waals surface area contributed by atoms with Gasteiger partial charge in [-0.3, -0.25) is 19.4 Å². The molecule has 1 aliphatic carbocycles. The second kappa shape index (κ2) is 24.0. The number of carbonyl (C=O) groups excluding carboxylic acids is 3. The molecule has 0 aromatic heterocycles. The number of Topliss-reactive ketones (excluding diaryl/α,β-unsaturated/α-hetero) is 2. The summed E-state index contributed by atoms with van der Waals surface area (Å²) < 4.78 is 23.6. The molecule has 2 heterocycles. The number of amides is 1. The smallest absolute Gasteiger partial charge is 0.336 e. The third-order valence-electron chi connectivity index (χ3n) is 12.6. The molecule has 2 unspecified atom stereocenters. The van der Waals surface area contributed by atoms with Crippen LogP contribution in [0.15, 0.2) is 107 Å². The molecule has 0 saturated heterocycles. The lowest BCUT2D eigenvalue weighted by molar-refractivity contribution is -0.124. The number of aromatic carboxylic acids is 1. The molecule has 2 aliphatic heterocycles. The van der Waals surface area contributed by atoms with Crippen LogP contribution in [0, 0.1) is 24.7 Å². The number of nitrogens with zero attached hydrogens (tertiary/aromatic N) is 2. The Bertz CT molecular complexity index is 2670. The summed E-state index contributed by atoms with van der Waals surface area (Å²) in [6.45, 7) is 11.5. The third kappa shape index (κ3) is 12.4. The molecular weight excluding hydrogens is 857 g/mol. The number of hydrogen-bond acceptors (Lipinski definition) is 9. The molecule has 0 fully saturated rings. The molecule has 0 bridgehead atoms. The van der Waals surface area contributed by atoms with E-state index in [-0.39, 0.29) is 54.1 Å². The van der Waals surface area contributed by atoms with Crippen LogP contribution in [-0.2, 0) is 36.8 Å². The van der Waals surface area contributed by atoms with Gasteiger partial charge in [0.05, 0.1) is 49.9 Å². The Hall–Kier alpha value is -6.45. The van der Waals surface area contributed by atoms with Gasteiger partial charge in [0, 0.05) is 85.6 Å². The standard InChI is InChI=1S/C57H62N2O9/c1-5-13-42-35-53-48(32-38(42)3)56(49-33-39(4)50(58-6-2)36-54(49)68-53)46-24-22-43(34-47(46)57(63)64)52(61)19-12-27-66-29-31-67-30-28-65-26-11-17-45(60)23-25-55(62)59-37-44-16-8-7-14-40(44)20-21-41-15-9-10-18-51(41)59/h7-10,14-16,18,22,24,32-36,49,56H,5-6,11-13,17,19,23,25-31,37H2,1-4H3,(H,63,64). The molecule has 7 rings (SSSR count). The zero-order valence-electron chi connectivity index (χ0n) is 39.7. The Morgan fingerprint density at radius 2 is 1.47 bits per heavy atom. The summed E-state index contributed by atoms with van der Waals surface area (Å²) in [5, 5.41) is 10.6. The lowest BCUT2D eigenvalue weighted by Crippen LogP contribution is -2.32. The Balaban J connectivity index is 0.802. The van der Waals surface area contributed by atoms with Crippen molar-refractivity contribution in [2.75, 3.05) is 51.1 Å². The van der Waals surface area contributed by atoms with Gasteiger partial charge in [-0.25, -0.2) is 4.79 Å². The topological polar surface area (TPSA) is 141 Å². The van der Waals surface area contributed by atoms with Crippen LogP contribution in [0.4, 0.5) is 5.69 Å². The first kappa shape index (κ1) is 49.5. The number of carbonyl (C=O) groups is 4. The van der Waals surface area contributed by atoms with Gasteiger partial charge in [0.15, 0.2) is 5.78 Å². The van der Waals surface area contributed by atoms with Crippen LogP contribution in [0.2, 0.25) is 0 Å². The number of hydrogen-bond donors (Lipinski definition) is 1. The molecule has 11 heteroatoms. The van der Waals surface area contributed by atoms with E-state index in [1.807, 2.05) is 68.5 Å². The van der Waals surface area contributed by atoms with Crippen LogP contribution in [0.25, 0.3) is 0 Å². The fraction of sp³-hybridized carbons (Fsp3) is 0.386. The third-order valence-corrected chi connectivity index (χ3v) is 12.6. The monoisotopic (exact) mass is 918 g/mol. The fourth-order valence-electron chi connectivity index (χ4n) is 9.08.